The van der Waals surface area contributed by atoms with E-state index in [1.807, 2.05) is 0 Å². The average molecular weight is 155 g/mol. The second kappa shape index (κ2) is 3.72. The molecule has 0 radical (unpaired) electrons. The lowest BCUT2D eigenvalue weighted by Gasteiger charge is -2.18. The van der Waals surface area contributed by atoms with E-state index in [-0.39, 0.29) is 0 Å². The highest BCUT2D eigenvalue weighted by Gasteiger charge is 2.19. The van der Waals surface area contributed by atoms with Crippen LogP contribution in [-0.2, 0) is 0 Å². The van der Waals surface area contributed by atoms with Crippen LogP contribution in [0.2, 0.25) is 0 Å². The third kappa shape index (κ3) is 2.50. The van der Waals surface area contributed by atoms with E-state index in [1.165, 1.54) is 19.4 Å². The molecule has 0 aromatic heterocycles. The summed E-state index contributed by atoms with van der Waals surface area (Å²) in [4.78, 5) is 2.36. The summed E-state index contributed by atoms with van der Waals surface area (Å²) in [6.45, 7) is 1.21. The highest BCUT2D eigenvalue weighted by Crippen LogP contribution is 2.18. The Morgan fingerprint density at radius 3 is 2.91 bits per heavy atom. The number of rotatable bonds is 3. The molecule has 1 unspecified atom stereocenters. The highest BCUT2D eigenvalue weighted by atomic mass is 15.1. The Morgan fingerprint density at radius 1 is 1.73 bits per heavy atom. The average Bonchev–Trinajstić information content (AvgIpc) is 2.31. The molecule has 0 aromatic carbocycles. The summed E-state index contributed by atoms with van der Waals surface area (Å²) >= 11 is 0. The molecular weight excluding hydrogens is 138 g/mol. The fraction of sp³-hybridized carbons (Fsp3) is 0.875. The molecule has 11 heavy (non-hydrogen) atoms. The Morgan fingerprint density at radius 2 is 2.45 bits per heavy atom. The summed E-state index contributed by atoms with van der Waals surface area (Å²) in [5, 5.41) is 7.08. The number of hydrogen-bond donors (Lipinski definition) is 2. The molecule has 1 aliphatic heterocycles. The first-order valence-corrected chi connectivity index (χ1v) is 4.23. The molecule has 1 atom stereocenters. The van der Waals surface area contributed by atoms with Crippen molar-refractivity contribution >= 4 is 5.84 Å². The van der Waals surface area contributed by atoms with Crippen LogP contribution in [0.3, 0.4) is 0 Å². The van der Waals surface area contributed by atoms with Crippen molar-refractivity contribution < 1.29 is 0 Å². The van der Waals surface area contributed by atoms with E-state index in [0.29, 0.717) is 11.9 Å². The maximum absolute atomic E-state index is 7.08. The largest absolute Gasteiger partial charge is 0.388 e. The lowest BCUT2D eigenvalue weighted by atomic mass is 10.1. The second-order valence-corrected chi connectivity index (χ2v) is 3.34. The fourth-order valence-electron chi connectivity index (χ4n) is 1.67. The Balaban J connectivity index is 2.20. The smallest absolute Gasteiger partial charge is 0.0905 e. The van der Waals surface area contributed by atoms with Crippen LogP contribution in [0, 0.1) is 5.41 Å². The minimum atomic E-state index is 0.324. The van der Waals surface area contributed by atoms with Gasteiger partial charge in [-0.2, -0.15) is 0 Å². The molecule has 0 bridgehead atoms. The SMILES string of the molecule is CN1CCCC1CCC(=N)N. The Kier molecular flexibility index (Phi) is 2.88. The molecule has 64 valence electrons. The van der Waals surface area contributed by atoms with Gasteiger partial charge in [-0.25, -0.2) is 0 Å². The van der Waals surface area contributed by atoms with Crippen molar-refractivity contribution in [3.8, 4) is 0 Å². The number of hydrogen-bond acceptors (Lipinski definition) is 2. The lowest BCUT2D eigenvalue weighted by molar-refractivity contribution is 0.299. The summed E-state index contributed by atoms with van der Waals surface area (Å²) in [5.74, 6) is 0.324. The summed E-state index contributed by atoms with van der Waals surface area (Å²) in [6.07, 6.45) is 4.41. The first-order chi connectivity index (χ1) is 5.20. The normalized spacial score (nSPS) is 25.7. The van der Waals surface area contributed by atoms with Crippen molar-refractivity contribution in [2.24, 2.45) is 5.73 Å². The van der Waals surface area contributed by atoms with Gasteiger partial charge in [0.05, 0.1) is 5.84 Å². The van der Waals surface area contributed by atoms with Gasteiger partial charge in [0, 0.05) is 12.5 Å². The van der Waals surface area contributed by atoms with Crippen LogP contribution >= 0.6 is 0 Å². The molecule has 3 heteroatoms. The van der Waals surface area contributed by atoms with Crippen LogP contribution in [-0.4, -0.2) is 30.4 Å². The van der Waals surface area contributed by atoms with Gasteiger partial charge in [-0.3, -0.25) is 5.41 Å². The zero-order valence-corrected chi connectivity index (χ0v) is 7.14. The minimum absolute atomic E-state index is 0.324. The molecule has 0 saturated carbocycles. The van der Waals surface area contributed by atoms with Crippen molar-refractivity contribution in [1.29, 1.82) is 5.41 Å². The van der Waals surface area contributed by atoms with E-state index in [1.54, 1.807) is 0 Å². The maximum atomic E-state index is 7.08. The third-order valence-electron chi connectivity index (χ3n) is 2.42. The van der Waals surface area contributed by atoms with Crippen LogP contribution in [0.4, 0.5) is 0 Å². The summed E-state index contributed by atoms with van der Waals surface area (Å²) < 4.78 is 0. The van der Waals surface area contributed by atoms with Gasteiger partial charge in [-0.15, -0.1) is 0 Å². The van der Waals surface area contributed by atoms with Crippen molar-refractivity contribution in [2.75, 3.05) is 13.6 Å². The van der Waals surface area contributed by atoms with E-state index >= 15 is 0 Å². The Labute approximate surface area is 68.1 Å². The molecular formula is C8H17N3. The predicted octanol–water partition coefficient (Wildman–Crippen LogP) is 0.797. The molecule has 0 aliphatic carbocycles. The van der Waals surface area contributed by atoms with Gasteiger partial charge in [-0.1, -0.05) is 0 Å². The van der Waals surface area contributed by atoms with Gasteiger partial charge in [0.25, 0.3) is 0 Å². The lowest BCUT2D eigenvalue weighted by Crippen LogP contribution is -2.26. The van der Waals surface area contributed by atoms with Crippen molar-refractivity contribution in [2.45, 2.75) is 31.7 Å². The first-order valence-electron chi connectivity index (χ1n) is 4.23. The monoisotopic (exact) mass is 155 g/mol. The van der Waals surface area contributed by atoms with Gasteiger partial charge in [-0.05, 0) is 32.9 Å². The molecule has 1 heterocycles. The molecule has 3 nitrogen and oxygen atoms in total. The van der Waals surface area contributed by atoms with Crippen LogP contribution in [0.25, 0.3) is 0 Å². The van der Waals surface area contributed by atoms with Crippen molar-refractivity contribution in [3.05, 3.63) is 0 Å². The van der Waals surface area contributed by atoms with E-state index in [9.17, 15) is 0 Å². The summed E-state index contributed by atoms with van der Waals surface area (Å²) in [7, 11) is 2.15. The van der Waals surface area contributed by atoms with E-state index < -0.39 is 0 Å². The van der Waals surface area contributed by atoms with Gasteiger partial charge in [0.2, 0.25) is 0 Å². The topological polar surface area (TPSA) is 53.1 Å². The van der Waals surface area contributed by atoms with Crippen LogP contribution in [0.1, 0.15) is 25.7 Å². The molecule has 0 spiro atoms. The molecule has 1 fully saturated rings. The summed E-state index contributed by atoms with van der Waals surface area (Å²) in [5.41, 5.74) is 5.28. The Hall–Kier alpha value is -0.570. The molecule has 0 amide bonds. The van der Waals surface area contributed by atoms with Gasteiger partial charge >= 0.3 is 0 Å². The number of amidine groups is 1. The zero-order valence-electron chi connectivity index (χ0n) is 7.14. The number of likely N-dealkylation sites (tertiary alicyclic amines) is 1. The third-order valence-corrected chi connectivity index (χ3v) is 2.42. The van der Waals surface area contributed by atoms with Crippen LogP contribution in [0.15, 0.2) is 0 Å². The Bertz CT molecular complexity index is 144. The summed E-state index contributed by atoms with van der Waals surface area (Å²) in [6, 6.07) is 0.680. The van der Waals surface area contributed by atoms with Gasteiger partial charge < -0.3 is 10.6 Å². The predicted molar refractivity (Wildman–Crippen MR) is 46.8 cm³/mol. The van der Waals surface area contributed by atoms with Crippen LogP contribution in [0.5, 0.6) is 0 Å². The van der Waals surface area contributed by atoms with Crippen LogP contribution < -0.4 is 5.73 Å². The quantitative estimate of drug-likeness (QED) is 0.468. The maximum Gasteiger partial charge on any atom is 0.0905 e. The second-order valence-electron chi connectivity index (χ2n) is 3.34. The van der Waals surface area contributed by atoms with Crippen molar-refractivity contribution in [1.82, 2.24) is 4.90 Å². The molecule has 1 aliphatic rings. The molecule has 1 rings (SSSR count). The standard InChI is InChI=1S/C8H17N3/c1-11-6-2-3-7(11)4-5-8(9)10/h7H,2-6H2,1H3,(H3,9,10). The van der Waals surface area contributed by atoms with Gasteiger partial charge in [0.15, 0.2) is 0 Å². The van der Waals surface area contributed by atoms with Gasteiger partial charge in [0.1, 0.15) is 0 Å². The molecule has 0 aromatic rings. The minimum Gasteiger partial charge on any atom is -0.388 e. The fourth-order valence-corrected chi connectivity index (χ4v) is 1.67. The molecule has 3 N–H and O–H groups in total. The highest BCUT2D eigenvalue weighted by molar-refractivity contribution is 5.76. The number of nitrogens with one attached hydrogen (secondary N) is 1. The van der Waals surface area contributed by atoms with E-state index in [4.69, 9.17) is 11.1 Å². The molecule has 1 saturated heterocycles. The van der Waals surface area contributed by atoms with E-state index in [2.05, 4.69) is 11.9 Å². The van der Waals surface area contributed by atoms with E-state index in [0.717, 1.165) is 12.8 Å². The van der Waals surface area contributed by atoms with Crippen molar-refractivity contribution in [3.63, 3.8) is 0 Å². The number of nitrogens with zero attached hydrogens (tertiary/aromatic N) is 1. The zero-order chi connectivity index (χ0) is 8.27. The first kappa shape index (κ1) is 8.53. The number of nitrogens with two attached hydrogens (primary N) is 1.